The second-order valence-electron chi connectivity index (χ2n) is 5.44. The Morgan fingerprint density at radius 2 is 2.12 bits per heavy atom. The first-order chi connectivity index (χ1) is 8.01. The van der Waals surface area contributed by atoms with E-state index in [1.165, 1.54) is 6.42 Å². The van der Waals surface area contributed by atoms with Crippen molar-refractivity contribution in [2.24, 2.45) is 5.41 Å². The van der Waals surface area contributed by atoms with Crippen molar-refractivity contribution in [3.05, 3.63) is 12.4 Å². The molecule has 0 aromatic carbocycles. The van der Waals surface area contributed by atoms with Crippen molar-refractivity contribution >= 4 is 0 Å². The average Bonchev–Trinajstić information content (AvgIpc) is 2.69. The van der Waals surface area contributed by atoms with Gasteiger partial charge in [-0.2, -0.15) is 5.10 Å². The molecule has 4 nitrogen and oxygen atoms in total. The third-order valence-corrected chi connectivity index (χ3v) is 2.53. The van der Waals surface area contributed by atoms with Gasteiger partial charge in [0.1, 0.15) is 6.61 Å². The van der Waals surface area contributed by atoms with Gasteiger partial charge < -0.3 is 10.1 Å². The van der Waals surface area contributed by atoms with Crippen LogP contribution in [0.25, 0.3) is 0 Å². The molecule has 0 bridgehead atoms. The number of ether oxygens (including phenoxy) is 1. The minimum Gasteiger partial charge on any atom is -0.489 e. The summed E-state index contributed by atoms with van der Waals surface area (Å²) in [6, 6.07) is 0. The highest BCUT2D eigenvalue weighted by molar-refractivity contribution is 5.11. The number of hydrogen-bond donors (Lipinski definition) is 1. The fourth-order valence-corrected chi connectivity index (χ4v) is 1.42. The highest BCUT2D eigenvalue weighted by Crippen LogP contribution is 2.16. The molecule has 0 amide bonds. The summed E-state index contributed by atoms with van der Waals surface area (Å²) >= 11 is 0. The first kappa shape index (κ1) is 14.0. The number of aryl methyl sites for hydroxylation is 1. The molecule has 0 unspecified atom stereocenters. The molecule has 0 spiro atoms. The van der Waals surface area contributed by atoms with Crippen molar-refractivity contribution < 1.29 is 4.74 Å². The SMILES string of the molecule is CCn1cc(OCCNCCC(C)(C)C)cn1. The minimum atomic E-state index is 0.399. The first-order valence-corrected chi connectivity index (χ1v) is 6.37. The lowest BCUT2D eigenvalue weighted by atomic mass is 9.92. The quantitative estimate of drug-likeness (QED) is 0.742. The second kappa shape index (κ2) is 6.64. The Morgan fingerprint density at radius 1 is 1.35 bits per heavy atom. The van der Waals surface area contributed by atoms with E-state index in [0.717, 1.165) is 25.4 Å². The van der Waals surface area contributed by atoms with Gasteiger partial charge in [0.2, 0.25) is 0 Å². The monoisotopic (exact) mass is 239 g/mol. The summed E-state index contributed by atoms with van der Waals surface area (Å²) in [5.41, 5.74) is 0.399. The number of aromatic nitrogens is 2. The molecule has 0 aliphatic carbocycles. The van der Waals surface area contributed by atoms with Crippen LogP contribution in [0.5, 0.6) is 5.75 Å². The molecule has 0 atom stereocenters. The molecule has 0 radical (unpaired) electrons. The maximum absolute atomic E-state index is 5.57. The Labute approximate surface area is 104 Å². The van der Waals surface area contributed by atoms with Crippen molar-refractivity contribution in [3.63, 3.8) is 0 Å². The Bertz CT molecular complexity index is 315. The van der Waals surface area contributed by atoms with Crippen LogP contribution in [-0.2, 0) is 6.54 Å². The summed E-state index contributed by atoms with van der Waals surface area (Å²) < 4.78 is 7.44. The van der Waals surface area contributed by atoms with Crippen LogP contribution in [0.3, 0.4) is 0 Å². The fourth-order valence-electron chi connectivity index (χ4n) is 1.42. The molecule has 1 aromatic rings. The van der Waals surface area contributed by atoms with Crippen LogP contribution in [0.15, 0.2) is 12.4 Å². The number of rotatable bonds is 7. The van der Waals surface area contributed by atoms with Crippen LogP contribution in [-0.4, -0.2) is 29.5 Å². The van der Waals surface area contributed by atoms with Gasteiger partial charge in [-0.3, -0.25) is 4.68 Å². The molecular weight excluding hydrogens is 214 g/mol. The minimum absolute atomic E-state index is 0.399. The zero-order valence-corrected chi connectivity index (χ0v) is 11.5. The van der Waals surface area contributed by atoms with Gasteiger partial charge in [0.15, 0.2) is 5.75 Å². The summed E-state index contributed by atoms with van der Waals surface area (Å²) in [5, 5.41) is 7.53. The normalized spacial score (nSPS) is 11.8. The van der Waals surface area contributed by atoms with E-state index in [0.29, 0.717) is 12.0 Å². The molecule has 0 saturated heterocycles. The van der Waals surface area contributed by atoms with Gasteiger partial charge in [-0.05, 0) is 25.3 Å². The lowest BCUT2D eigenvalue weighted by Gasteiger charge is -2.17. The topological polar surface area (TPSA) is 39.1 Å². The van der Waals surface area contributed by atoms with E-state index in [2.05, 4.69) is 38.1 Å². The average molecular weight is 239 g/mol. The van der Waals surface area contributed by atoms with Crippen LogP contribution in [0, 0.1) is 5.41 Å². The molecule has 4 heteroatoms. The fraction of sp³-hybridized carbons (Fsp3) is 0.769. The van der Waals surface area contributed by atoms with Gasteiger partial charge in [-0.25, -0.2) is 0 Å². The maximum atomic E-state index is 5.57. The molecule has 17 heavy (non-hydrogen) atoms. The first-order valence-electron chi connectivity index (χ1n) is 6.37. The largest absolute Gasteiger partial charge is 0.489 e. The van der Waals surface area contributed by atoms with Crippen molar-refractivity contribution in [1.29, 1.82) is 0 Å². The molecule has 0 fully saturated rings. The highest BCUT2D eigenvalue weighted by Gasteiger charge is 2.08. The Morgan fingerprint density at radius 3 is 2.71 bits per heavy atom. The predicted octanol–water partition coefficient (Wildman–Crippen LogP) is 2.31. The molecule has 1 N–H and O–H groups in total. The maximum Gasteiger partial charge on any atom is 0.157 e. The Kier molecular flexibility index (Phi) is 5.48. The molecule has 1 heterocycles. The van der Waals surface area contributed by atoms with Gasteiger partial charge in [0, 0.05) is 13.1 Å². The lowest BCUT2D eigenvalue weighted by molar-refractivity contribution is 0.304. The van der Waals surface area contributed by atoms with E-state index in [1.807, 2.05) is 10.9 Å². The van der Waals surface area contributed by atoms with Crippen LogP contribution in [0.1, 0.15) is 34.1 Å². The van der Waals surface area contributed by atoms with Crippen molar-refractivity contribution in [2.45, 2.75) is 40.7 Å². The van der Waals surface area contributed by atoms with E-state index in [4.69, 9.17) is 4.74 Å². The van der Waals surface area contributed by atoms with E-state index >= 15 is 0 Å². The van der Waals surface area contributed by atoms with Crippen LogP contribution < -0.4 is 10.1 Å². The lowest BCUT2D eigenvalue weighted by Crippen LogP contribution is -2.25. The van der Waals surface area contributed by atoms with Gasteiger partial charge in [0.05, 0.1) is 12.4 Å². The molecule has 0 saturated carbocycles. The van der Waals surface area contributed by atoms with Crippen molar-refractivity contribution in [2.75, 3.05) is 19.7 Å². The summed E-state index contributed by atoms with van der Waals surface area (Å²) in [6.45, 7) is 12.3. The molecule has 0 aliphatic rings. The van der Waals surface area contributed by atoms with Crippen LogP contribution in [0.4, 0.5) is 0 Å². The van der Waals surface area contributed by atoms with Crippen molar-refractivity contribution in [3.8, 4) is 5.75 Å². The number of nitrogens with zero attached hydrogens (tertiary/aromatic N) is 2. The Balaban J connectivity index is 2.04. The van der Waals surface area contributed by atoms with Gasteiger partial charge >= 0.3 is 0 Å². The third-order valence-electron chi connectivity index (χ3n) is 2.53. The molecule has 1 aromatic heterocycles. The van der Waals surface area contributed by atoms with Gasteiger partial charge in [0.25, 0.3) is 0 Å². The molecule has 1 rings (SSSR count). The third kappa shape index (κ3) is 6.31. The Hall–Kier alpha value is -1.03. The predicted molar refractivity (Wildman–Crippen MR) is 70.3 cm³/mol. The van der Waals surface area contributed by atoms with Gasteiger partial charge in [-0.15, -0.1) is 0 Å². The summed E-state index contributed by atoms with van der Waals surface area (Å²) in [4.78, 5) is 0. The van der Waals surface area contributed by atoms with E-state index < -0.39 is 0 Å². The summed E-state index contributed by atoms with van der Waals surface area (Å²) in [5.74, 6) is 0.851. The van der Waals surface area contributed by atoms with Gasteiger partial charge in [-0.1, -0.05) is 20.8 Å². The van der Waals surface area contributed by atoms with E-state index in [-0.39, 0.29) is 0 Å². The molecular formula is C13H25N3O. The van der Waals surface area contributed by atoms with Crippen LogP contribution >= 0.6 is 0 Å². The zero-order valence-electron chi connectivity index (χ0n) is 11.5. The van der Waals surface area contributed by atoms with E-state index in [1.54, 1.807) is 6.20 Å². The number of hydrogen-bond acceptors (Lipinski definition) is 3. The molecule has 98 valence electrons. The smallest absolute Gasteiger partial charge is 0.157 e. The van der Waals surface area contributed by atoms with E-state index in [9.17, 15) is 0 Å². The zero-order chi connectivity index (χ0) is 12.7. The summed E-state index contributed by atoms with van der Waals surface area (Å²) in [6.07, 6.45) is 4.87. The number of nitrogens with one attached hydrogen (secondary N) is 1. The standard InChI is InChI=1S/C13H25N3O/c1-5-16-11-12(10-15-16)17-9-8-14-7-6-13(2,3)4/h10-11,14H,5-9H2,1-4H3. The highest BCUT2D eigenvalue weighted by atomic mass is 16.5. The summed E-state index contributed by atoms with van der Waals surface area (Å²) in [7, 11) is 0. The molecule has 0 aliphatic heterocycles. The van der Waals surface area contributed by atoms with Crippen molar-refractivity contribution in [1.82, 2.24) is 15.1 Å². The second-order valence-corrected chi connectivity index (χ2v) is 5.44. The van der Waals surface area contributed by atoms with Crippen LogP contribution in [0.2, 0.25) is 0 Å².